The van der Waals surface area contributed by atoms with Crippen LogP contribution < -0.4 is 0 Å². The lowest BCUT2D eigenvalue weighted by Gasteiger charge is -2.41. The van der Waals surface area contributed by atoms with Gasteiger partial charge in [-0.3, -0.25) is 9.78 Å². The maximum atomic E-state index is 11.1. The summed E-state index contributed by atoms with van der Waals surface area (Å²) in [6, 6.07) is 3.39. The van der Waals surface area contributed by atoms with Gasteiger partial charge in [0.05, 0.1) is 11.5 Å². The predicted molar refractivity (Wildman–Crippen MR) is 48.8 cm³/mol. The first-order valence-corrected chi connectivity index (χ1v) is 4.47. The highest BCUT2D eigenvalue weighted by Gasteiger charge is 2.51. The lowest BCUT2D eigenvalue weighted by atomic mass is 9.63. The van der Waals surface area contributed by atoms with Crippen molar-refractivity contribution in [2.45, 2.75) is 24.4 Å². The first-order chi connectivity index (χ1) is 6.65. The Labute approximate surface area is 81.2 Å². The number of aliphatic hydroxyl groups is 1. The van der Waals surface area contributed by atoms with Gasteiger partial charge in [0.15, 0.2) is 0 Å². The molecule has 1 aromatic rings. The Bertz CT molecular complexity index is 344. The average Bonchev–Trinajstić information content (AvgIpc) is 2.13. The molecule has 2 N–H and O–H groups in total. The number of pyridine rings is 1. The lowest BCUT2D eigenvalue weighted by Crippen LogP contribution is -2.50. The Hall–Kier alpha value is -1.42. The first kappa shape index (κ1) is 9.15. The van der Waals surface area contributed by atoms with Crippen molar-refractivity contribution in [3.05, 3.63) is 30.1 Å². The SMILES string of the molecule is O=C(O)C1(c2ccncc2)CC(O)C1. The summed E-state index contributed by atoms with van der Waals surface area (Å²) in [4.78, 5) is 15.0. The number of aromatic nitrogens is 1. The quantitative estimate of drug-likeness (QED) is 0.720. The van der Waals surface area contributed by atoms with Gasteiger partial charge in [0, 0.05) is 12.4 Å². The minimum atomic E-state index is -0.887. The number of aliphatic carboxylic acids is 1. The van der Waals surface area contributed by atoms with Gasteiger partial charge >= 0.3 is 5.97 Å². The van der Waals surface area contributed by atoms with Gasteiger partial charge in [-0.05, 0) is 30.5 Å². The number of aliphatic hydroxyl groups excluding tert-OH is 1. The fourth-order valence-corrected chi connectivity index (χ4v) is 1.95. The molecule has 0 atom stereocenters. The van der Waals surface area contributed by atoms with Gasteiger partial charge < -0.3 is 10.2 Å². The van der Waals surface area contributed by atoms with E-state index >= 15 is 0 Å². The number of carboxylic acids is 1. The Morgan fingerprint density at radius 3 is 2.43 bits per heavy atom. The Morgan fingerprint density at radius 2 is 2.00 bits per heavy atom. The molecule has 0 unspecified atom stereocenters. The zero-order valence-corrected chi connectivity index (χ0v) is 7.55. The molecule has 4 heteroatoms. The molecule has 1 aliphatic carbocycles. The molecule has 0 spiro atoms. The summed E-state index contributed by atoms with van der Waals surface area (Å²) < 4.78 is 0. The summed E-state index contributed by atoms with van der Waals surface area (Å²) in [7, 11) is 0. The molecule has 4 nitrogen and oxygen atoms in total. The van der Waals surface area contributed by atoms with Gasteiger partial charge in [0.2, 0.25) is 0 Å². The van der Waals surface area contributed by atoms with E-state index in [1.165, 1.54) is 0 Å². The standard InChI is InChI=1S/C10H11NO3/c12-8-5-10(6-8,9(13)14)7-1-3-11-4-2-7/h1-4,8,12H,5-6H2,(H,13,14). The van der Waals surface area contributed by atoms with Crippen molar-refractivity contribution in [3.63, 3.8) is 0 Å². The third-order valence-electron chi connectivity index (χ3n) is 2.81. The van der Waals surface area contributed by atoms with Crippen LogP contribution in [0.4, 0.5) is 0 Å². The summed E-state index contributed by atoms with van der Waals surface area (Å²) in [5.41, 5.74) is -0.159. The summed E-state index contributed by atoms with van der Waals surface area (Å²) in [6.45, 7) is 0. The van der Waals surface area contributed by atoms with E-state index in [4.69, 9.17) is 5.11 Å². The summed E-state index contributed by atoms with van der Waals surface area (Å²) in [5, 5.41) is 18.3. The van der Waals surface area contributed by atoms with Crippen molar-refractivity contribution in [1.29, 1.82) is 0 Å². The maximum absolute atomic E-state index is 11.1. The predicted octanol–water partition coefficient (Wildman–Crippen LogP) is 0.559. The fraction of sp³-hybridized carbons (Fsp3) is 0.400. The van der Waals surface area contributed by atoms with Crippen molar-refractivity contribution in [1.82, 2.24) is 4.98 Å². The second kappa shape index (κ2) is 3.06. The molecule has 1 heterocycles. The molecule has 0 bridgehead atoms. The minimum Gasteiger partial charge on any atom is -0.481 e. The van der Waals surface area contributed by atoms with E-state index < -0.39 is 17.5 Å². The largest absolute Gasteiger partial charge is 0.481 e. The van der Waals surface area contributed by atoms with Crippen molar-refractivity contribution in [2.75, 3.05) is 0 Å². The Morgan fingerprint density at radius 1 is 1.43 bits per heavy atom. The van der Waals surface area contributed by atoms with Crippen LogP contribution in [0.15, 0.2) is 24.5 Å². The highest BCUT2D eigenvalue weighted by Crippen LogP contribution is 2.43. The van der Waals surface area contributed by atoms with Crippen LogP contribution in [0.2, 0.25) is 0 Å². The molecule has 0 radical (unpaired) electrons. The number of carbonyl (C=O) groups is 1. The molecule has 1 aliphatic rings. The molecule has 0 aliphatic heterocycles. The van der Waals surface area contributed by atoms with Crippen LogP contribution in [0.3, 0.4) is 0 Å². The normalized spacial score (nSPS) is 30.8. The molecule has 1 saturated carbocycles. The molecule has 1 aromatic heterocycles. The molecule has 2 rings (SSSR count). The molecular formula is C10H11NO3. The molecule has 74 valence electrons. The van der Waals surface area contributed by atoms with E-state index in [0.717, 1.165) is 5.56 Å². The van der Waals surface area contributed by atoms with Crippen LogP contribution in [-0.4, -0.2) is 27.3 Å². The van der Waals surface area contributed by atoms with Crippen molar-refractivity contribution in [3.8, 4) is 0 Å². The number of hydrogen-bond donors (Lipinski definition) is 2. The van der Waals surface area contributed by atoms with Crippen LogP contribution in [-0.2, 0) is 10.2 Å². The molecule has 1 fully saturated rings. The minimum absolute atomic E-state index is 0.298. The zero-order valence-electron chi connectivity index (χ0n) is 7.55. The van der Waals surface area contributed by atoms with E-state index in [-0.39, 0.29) is 0 Å². The van der Waals surface area contributed by atoms with Crippen LogP contribution in [0.5, 0.6) is 0 Å². The van der Waals surface area contributed by atoms with E-state index in [9.17, 15) is 9.90 Å². The van der Waals surface area contributed by atoms with Gasteiger partial charge in [-0.15, -0.1) is 0 Å². The highest BCUT2D eigenvalue weighted by atomic mass is 16.4. The second-order valence-corrected chi connectivity index (χ2v) is 3.69. The molecular weight excluding hydrogens is 182 g/mol. The lowest BCUT2D eigenvalue weighted by molar-refractivity contribution is -0.152. The average molecular weight is 193 g/mol. The number of nitrogens with zero attached hydrogens (tertiary/aromatic N) is 1. The van der Waals surface area contributed by atoms with Crippen LogP contribution in [0.25, 0.3) is 0 Å². The van der Waals surface area contributed by atoms with E-state index in [1.54, 1.807) is 24.5 Å². The Kier molecular flexibility index (Phi) is 2.00. The van der Waals surface area contributed by atoms with Gasteiger partial charge in [-0.1, -0.05) is 0 Å². The number of carboxylic acid groups (broad SMARTS) is 1. The third-order valence-corrected chi connectivity index (χ3v) is 2.81. The van der Waals surface area contributed by atoms with E-state index in [2.05, 4.69) is 4.98 Å². The Balaban J connectivity index is 2.34. The third kappa shape index (κ3) is 1.19. The molecule has 14 heavy (non-hydrogen) atoms. The van der Waals surface area contributed by atoms with Gasteiger partial charge in [-0.2, -0.15) is 0 Å². The number of hydrogen-bond acceptors (Lipinski definition) is 3. The zero-order chi connectivity index (χ0) is 10.2. The summed E-state index contributed by atoms with van der Waals surface area (Å²) in [5.74, 6) is -0.867. The molecule has 0 saturated heterocycles. The van der Waals surface area contributed by atoms with E-state index in [1.807, 2.05) is 0 Å². The van der Waals surface area contributed by atoms with E-state index in [0.29, 0.717) is 12.8 Å². The fourth-order valence-electron chi connectivity index (χ4n) is 1.95. The second-order valence-electron chi connectivity index (χ2n) is 3.69. The summed E-state index contributed by atoms with van der Waals surface area (Å²) in [6.07, 6.45) is 3.26. The number of rotatable bonds is 2. The van der Waals surface area contributed by atoms with Gasteiger partial charge in [0.25, 0.3) is 0 Å². The highest BCUT2D eigenvalue weighted by molar-refractivity contribution is 5.82. The first-order valence-electron chi connectivity index (χ1n) is 4.47. The van der Waals surface area contributed by atoms with Gasteiger partial charge in [0.1, 0.15) is 0 Å². The summed E-state index contributed by atoms with van der Waals surface area (Å²) >= 11 is 0. The maximum Gasteiger partial charge on any atom is 0.314 e. The van der Waals surface area contributed by atoms with Crippen molar-refractivity contribution < 1.29 is 15.0 Å². The molecule has 0 amide bonds. The van der Waals surface area contributed by atoms with Crippen LogP contribution in [0.1, 0.15) is 18.4 Å². The van der Waals surface area contributed by atoms with Crippen LogP contribution in [0, 0.1) is 0 Å². The van der Waals surface area contributed by atoms with Crippen LogP contribution >= 0.6 is 0 Å². The monoisotopic (exact) mass is 193 g/mol. The van der Waals surface area contributed by atoms with Crippen molar-refractivity contribution >= 4 is 5.97 Å². The molecule has 0 aromatic carbocycles. The van der Waals surface area contributed by atoms with Crippen molar-refractivity contribution in [2.24, 2.45) is 0 Å². The smallest absolute Gasteiger partial charge is 0.314 e. The topological polar surface area (TPSA) is 70.4 Å². The van der Waals surface area contributed by atoms with Gasteiger partial charge in [-0.25, -0.2) is 0 Å².